The lowest BCUT2D eigenvalue weighted by Gasteiger charge is -2.19. The van der Waals surface area contributed by atoms with Crippen LogP contribution < -0.4 is 5.32 Å². The van der Waals surface area contributed by atoms with E-state index >= 15 is 0 Å². The Morgan fingerprint density at radius 1 is 1.30 bits per heavy atom. The van der Waals surface area contributed by atoms with E-state index in [1.807, 2.05) is 0 Å². The number of likely N-dealkylation sites (N-methyl/N-ethyl adjacent to an activating group) is 1. The summed E-state index contributed by atoms with van der Waals surface area (Å²) in [5, 5.41) is 3.22. The van der Waals surface area contributed by atoms with Gasteiger partial charge < -0.3 is 5.32 Å². The van der Waals surface area contributed by atoms with Crippen LogP contribution in [0, 0.1) is 0 Å². The molecule has 1 aromatic carbocycles. The number of nitrogens with one attached hydrogen (secondary N) is 1. The highest BCUT2D eigenvalue weighted by Crippen LogP contribution is 2.29. The minimum Gasteiger partial charge on any atom is -0.311 e. The predicted octanol–water partition coefficient (Wildman–Crippen LogP) is 3.28. The lowest BCUT2D eigenvalue weighted by atomic mass is 10.1. The van der Waals surface area contributed by atoms with Crippen molar-refractivity contribution in [2.45, 2.75) is 38.5 Å². The van der Waals surface area contributed by atoms with Gasteiger partial charge in [0.15, 0.2) is 0 Å². The van der Waals surface area contributed by atoms with Crippen molar-refractivity contribution in [2.24, 2.45) is 0 Å². The molecule has 2 rings (SSSR count). The Morgan fingerprint density at radius 2 is 2.05 bits per heavy atom. The molecule has 0 atom stereocenters. The molecule has 112 valence electrons. The van der Waals surface area contributed by atoms with Crippen molar-refractivity contribution in [1.29, 1.82) is 0 Å². The highest BCUT2D eigenvalue weighted by atomic mass is 19.4. The van der Waals surface area contributed by atoms with Crippen molar-refractivity contribution in [3.8, 4) is 0 Å². The summed E-state index contributed by atoms with van der Waals surface area (Å²) < 4.78 is 37.7. The van der Waals surface area contributed by atoms with E-state index in [-0.39, 0.29) is 0 Å². The Bertz CT molecular complexity index is 427. The van der Waals surface area contributed by atoms with E-state index in [0.717, 1.165) is 31.7 Å². The molecule has 0 amide bonds. The standard InChI is InChI=1S/C15H21F3N2/c1-2-20(14-6-7-14)9-8-19-11-12-4-3-5-13(10-12)15(16,17)18/h3-5,10,14,19H,2,6-9,11H2,1H3. The van der Waals surface area contributed by atoms with Crippen LogP contribution in [0.2, 0.25) is 0 Å². The molecule has 1 fully saturated rings. The summed E-state index contributed by atoms with van der Waals surface area (Å²) in [6.07, 6.45) is -1.70. The van der Waals surface area contributed by atoms with Gasteiger partial charge in [0.25, 0.3) is 0 Å². The quantitative estimate of drug-likeness (QED) is 0.774. The van der Waals surface area contributed by atoms with Crippen LogP contribution in [-0.4, -0.2) is 30.6 Å². The van der Waals surface area contributed by atoms with Crippen molar-refractivity contribution < 1.29 is 13.2 Å². The summed E-state index contributed by atoms with van der Waals surface area (Å²) in [7, 11) is 0. The first-order valence-corrected chi connectivity index (χ1v) is 7.11. The average Bonchev–Trinajstić information content (AvgIpc) is 3.23. The van der Waals surface area contributed by atoms with Gasteiger partial charge in [-0.25, -0.2) is 0 Å². The van der Waals surface area contributed by atoms with Gasteiger partial charge in [-0.1, -0.05) is 25.1 Å². The van der Waals surface area contributed by atoms with Gasteiger partial charge in [-0.15, -0.1) is 0 Å². The highest BCUT2D eigenvalue weighted by Gasteiger charge is 2.30. The molecule has 0 bridgehead atoms. The normalized spacial score (nSPS) is 15.8. The molecule has 0 unspecified atom stereocenters. The van der Waals surface area contributed by atoms with Crippen molar-refractivity contribution in [3.63, 3.8) is 0 Å². The van der Waals surface area contributed by atoms with Crippen LogP contribution >= 0.6 is 0 Å². The zero-order valence-corrected chi connectivity index (χ0v) is 11.7. The predicted molar refractivity (Wildman–Crippen MR) is 73.4 cm³/mol. The maximum atomic E-state index is 12.6. The Balaban J connectivity index is 1.76. The molecular weight excluding hydrogens is 265 g/mol. The van der Waals surface area contributed by atoms with Gasteiger partial charge in [-0.3, -0.25) is 4.90 Å². The molecule has 1 aromatic rings. The maximum Gasteiger partial charge on any atom is 0.416 e. The highest BCUT2D eigenvalue weighted by molar-refractivity contribution is 5.25. The van der Waals surface area contributed by atoms with Crippen LogP contribution in [0.25, 0.3) is 0 Å². The van der Waals surface area contributed by atoms with Gasteiger partial charge in [-0.05, 0) is 31.0 Å². The van der Waals surface area contributed by atoms with Crippen molar-refractivity contribution >= 4 is 0 Å². The van der Waals surface area contributed by atoms with Crippen LogP contribution in [0.4, 0.5) is 13.2 Å². The third-order valence-electron chi connectivity index (χ3n) is 3.63. The third kappa shape index (κ3) is 4.49. The first-order chi connectivity index (χ1) is 9.50. The summed E-state index contributed by atoms with van der Waals surface area (Å²) >= 11 is 0. The maximum absolute atomic E-state index is 12.6. The SMILES string of the molecule is CCN(CCNCc1cccc(C(F)(F)F)c1)C1CC1. The van der Waals surface area contributed by atoms with Crippen molar-refractivity contribution in [3.05, 3.63) is 35.4 Å². The molecule has 20 heavy (non-hydrogen) atoms. The zero-order valence-electron chi connectivity index (χ0n) is 11.7. The molecule has 0 spiro atoms. The fourth-order valence-corrected chi connectivity index (χ4v) is 2.35. The molecule has 1 aliphatic rings. The minimum atomic E-state index is -4.26. The zero-order chi connectivity index (χ0) is 14.6. The summed E-state index contributed by atoms with van der Waals surface area (Å²) in [5.41, 5.74) is 0.0965. The average molecular weight is 286 g/mol. The number of alkyl halides is 3. The largest absolute Gasteiger partial charge is 0.416 e. The van der Waals surface area contributed by atoms with Crippen LogP contribution in [0.5, 0.6) is 0 Å². The molecular formula is C15H21F3N2. The second-order valence-corrected chi connectivity index (χ2v) is 5.23. The Morgan fingerprint density at radius 3 is 2.65 bits per heavy atom. The van der Waals surface area contributed by atoms with Crippen molar-refractivity contribution in [2.75, 3.05) is 19.6 Å². The number of benzene rings is 1. The van der Waals surface area contributed by atoms with Crippen LogP contribution in [0.15, 0.2) is 24.3 Å². The molecule has 0 saturated heterocycles. The van der Waals surface area contributed by atoms with E-state index in [4.69, 9.17) is 0 Å². The number of hydrogen-bond acceptors (Lipinski definition) is 2. The van der Waals surface area contributed by atoms with Crippen molar-refractivity contribution in [1.82, 2.24) is 10.2 Å². The van der Waals surface area contributed by atoms with E-state index in [2.05, 4.69) is 17.1 Å². The molecule has 0 radical (unpaired) electrons. The number of hydrogen-bond donors (Lipinski definition) is 1. The second-order valence-electron chi connectivity index (χ2n) is 5.23. The molecule has 0 heterocycles. The first-order valence-electron chi connectivity index (χ1n) is 7.11. The summed E-state index contributed by atoms with van der Waals surface area (Å²) in [4.78, 5) is 2.42. The summed E-state index contributed by atoms with van der Waals surface area (Å²) in [5.74, 6) is 0. The molecule has 5 heteroatoms. The number of nitrogens with zero attached hydrogens (tertiary/aromatic N) is 1. The molecule has 1 saturated carbocycles. The monoisotopic (exact) mass is 286 g/mol. The number of rotatable bonds is 7. The van der Waals surface area contributed by atoms with Crippen LogP contribution in [0.1, 0.15) is 30.9 Å². The topological polar surface area (TPSA) is 15.3 Å². The summed E-state index contributed by atoms with van der Waals surface area (Å²) in [6, 6.07) is 6.24. The Kier molecular flexibility index (Phi) is 5.05. The number of halogens is 3. The summed E-state index contributed by atoms with van der Waals surface area (Å²) in [6.45, 7) is 5.42. The fraction of sp³-hybridized carbons (Fsp3) is 0.600. The molecule has 1 aliphatic carbocycles. The van der Waals surface area contributed by atoms with E-state index in [1.54, 1.807) is 6.07 Å². The Hall–Kier alpha value is -1.07. The van der Waals surface area contributed by atoms with E-state index < -0.39 is 11.7 Å². The van der Waals surface area contributed by atoms with Gasteiger partial charge in [-0.2, -0.15) is 13.2 Å². The molecule has 2 nitrogen and oxygen atoms in total. The van der Waals surface area contributed by atoms with Crippen LogP contribution in [0.3, 0.4) is 0 Å². The lowest BCUT2D eigenvalue weighted by Crippen LogP contribution is -2.33. The minimum absolute atomic E-state index is 0.478. The molecule has 0 aromatic heterocycles. The lowest BCUT2D eigenvalue weighted by molar-refractivity contribution is -0.137. The van der Waals surface area contributed by atoms with Gasteiger partial charge >= 0.3 is 6.18 Å². The smallest absolute Gasteiger partial charge is 0.311 e. The Labute approximate surface area is 118 Å². The van der Waals surface area contributed by atoms with Crippen LogP contribution in [-0.2, 0) is 12.7 Å². The van der Waals surface area contributed by atoms with Gasteiger partial charge in [0.05, 0.1) is 5.56 Å². The molecule has 0 aliphatic heterocycles. The van der Waals surface area contributed by atoms with E-state index in [9.17, 15) is 13.2 Å². The first kappa shape index (κ1) is 15.3. The van der Waals surface area contributed by atoms with Gasteiger partial charge in [0.1, 0.15) is 0 Å². The fourth-order valence-electron chi connectivity index (χ4n) is 2.35. The van der Waals surface area contributed by atoms with E-state index in [0.29, 0.717) is 12.1 Å². The van der Waals surface area contributed by atoms with Gasteiger partial charge in [0.2, 0.25) is 0 Å². The second kappa shape index (κ2) is 6.59. The van der Waals surface area contributed by atoms with E-state index in [1.165, 1.54) is 25.0 Å². The molecule has 1 N–H and O–H groups in total. The third-order valence-corrected chi connectivity index (χ3v) is 3.63. The van der Waals surface area contributed by atoms with Gasteiger partial charge in [0, 0.05) is 25.7 Å².